The molecule has 152 valence electrons. The Morgan fingerprint density at radius 3 is 2.86 bits per heavy atom. The Kier molecular flexibility index (Phi) is 7.34. The van der Waals surface area contributed by atoms with Crippen molar-refractivity contribution in [1.29, 1.82) is 0 Å². The Hall–Kier alpha value is -3.20. The molecule has 0 aliphatic heterocycles. The third-order valence-electron chi connectivity index (χ3n) is 4.22. The maximum Gasteiger partial charge on any atom is 0.241 e. The van der Waals surface area contributed by atoms with Gasteiger partial charge in [-0.25, -0.2) is 4.98 Å². The van der Waals surface area contributed by atoms with Crippen LogP contribution in [0, 0.1) is 0 Å². The van der Waals surface area contributed by atoms with Gasteiger partial charge in [0.1, 0.15) is 12.3 Å². The highest BCUT2D eigenvalue weighted by atomic mass is 32.1. The first-order valence-electron chi connectivity index (χ1n) is 9.22. The number of amides is 2. The molecule has 2 N–H and O–H groups in total. The molecule has 0 radical (unpaired) electrons. The minimum Gasteiger partial charge on any atom is -0.496 e. The van der Waals surface area contributed by atoms with E-state index in [1.807, 2.05) is 29.6 Å². The summed E-state index contributed by atoms with van der Waals surface area (Å²) >= 11 is 1.53. The zero-order valence-electron chi connectivity index (χ0n) is 16.1. The summed E-state index contributed by atoms with van der Waals surface area (Å²) in [5.41, 5.74) is 4.28. The second-order valence-corrected chi connectivity index (χ2v) is 7.09. The Labute approximate surface area is 172 Å². The van der Waals surface area contributed by atoms with E-state index in [0.717, 1.165) is 17.0 Å². The number of anilines is 1. The first kappa shape index (κ1) is 20.5. The van der Waals surface area contributed by atoms with Gasteiger partial charge in [0.25, 0.3) is 0 Å². The maximum absolute atomic E-state index is 12.2. The van der Waals surface area contributed by atoms with Gasteiger partial charge in [-0.1, -0.05) is 18.2 Å². The lowest BCUT2D eigenvalue weighted by molar-refractivity contribution is -0.121. The Morgan fingerprint density at radius 2 is 2.07 bits per heavy atom. The first-order valence-corrected chi connectivity index (χ1v) is 10.2. The van der Waals surface area contributed by atoms with Gasteiger partial charge >= 0.3 is 0 Å². The number of carbonyl (C=O) groups excluding carboxylic acids is 2. The minimum absolute atomic E-state index is 0.0914. The lowest BCUT2D eigenvalue weighted by Crippen LogP contribution is -2.29. The number of ether oxygens (including phenoxy) is 1. The Morgan fingerprint density at radius 1 is 1.21 bits per heavy atom. The van der Waals surface area contributed by atoms with Gasteiger partial charge in [-0.15, -0.1) is 11.3 Å². The summed E-state index contributed by atoms with van der Waals surface area (Å²) in [7, 11) is 1.61. The molecule has 2 heterocycles. The molecule has 2 amide bonds. The first-order chi connectivity index (χ1) is 14.1. The van der Waals surface area contributed by atoms with E-state index < -0.39 is 0 Å². The van der Waals surface area contributed by atoms with Crippen molar-refractivity contribution < 1.29 is 14.3 Å². The maximum atomic E-state index is 12.2. The number of aromatic nitrogens is 3. The largest absolute Gasteiger partial charge is 0.496 e. The molecule has 9 heteroatoms. The van der Waals surface area contributed by atoms with Gasteiger partial charge in [-0.05, 0) is 18.1 Å². The van der Waals surface area contributed by atoms with E-state index in [1.165, 1.54) is 22.2 Å². The van der Waals surface area contributed by atoms with Crippen LogP contribution in [0.2, 0.25) is 0 Å². The quantitative estimate of drug-likeness (QED) is 0.531. The van der Waals surface area contributed by atoms with Gasteiger partial charge in [0.05, 0.1) is 30.2 Å². The van der Waals surface area contributed by atoms with Crippen molar-refractivity contribution in [2.24, 2.45) is 0 Å². The average molecular weight is 414 g/mol. The molecule has 0 aliphatic rings. The summed E-state index contributed by atoms with van der Waals surface area (Å²) in [6.07, 6.45) is 4.76. The summed E-state index contributed by atoms with van der Waals surface area (Å²) in [6.45, 7) is 0.616. The van der Waals surface area contributed by atoms with Crippen LogP contribution < -0.4 is 15.4 Å². The van der Waals surface area contributed by atoms with Gasteiger partial charge in [-0.3, -0.25) is 14.3 Å². The van der Waals surface area contributed by atoms with Crippen molar-refractivity contribution in [3.05, 3.63) is 58.8 Å². The molecule has 0 atom stereocenters. The zero-order chi connectivity index (χ0) is 20.5. The number of methoxy groups -OCH3 is 1. The van der Waals surface area contributed by atoms with E-state index in [0.29, 0.717) is 31.5 Å². The summed E-state index contributed by atoms with van der Waals surface area (Å²) in [6, 6.07) is 7.63. The predicted molar refractivity (Wildman–Crippen MR) is 111 cm³/mol. The summed E-state index contributed by atoms with van der Waals surface area (Å²) in [4.78, 5) is 28.4. The number of carbonyl (C=O) groups is 2. The Balaban J connectivity index is 1.41. The predicted octanol–water partition coefficient (Wildman–Crippen LogP) is 2.28. The van der Waals surface area contributed by atoms with Gasteiger partial charge in [0, 0.05) is 31.0 Å². The van der Waals surface area contributed by atoms with Crippen molar-refractivity contribution in [3.8, 4) is 5.75 Å². The van der Waals surface area contributed by atoms with Gasteiger partial charge in [-0.2, -0.15) is 5.10 Å². The number of para-hydroxylation sites is 1. The fourth-order valence-corrected chi connectivity index (χ4v) is 3.38. The van der Waals surface area contributed by atoms with Crippen molar-refractivity contribution in [1.82, 2.24) is 20.1 Å². The number of nitrogens with zero attached hydrogens (tertiary/aromatic N) is 3. The lowest BCUT2D eigenvalue weighted by Gasteiger charge is -2.07. The van der Waals surface area contributed by atoms with Crippen LogP contribution in [0.5, 0.6) is 5.75 Å². The molecular formula is C20H23N5O3S. The van der Waals surface area contributed by atoms with E-state index in [4.69, 9.17) is 4.74 Å². The molecule has 0 fully saturated rings. The number of rotatable bonds is 10. The third-order valence-corrected chi connectivity index (χ3v) is 4.86. The normalized spacial score (nSPS) is 10.5. The van der Waals surface area contributed by atoms with Gasteiger partial charge in [0.2, 0.25) is 11.8 Å². The SMILES string of the molecule is COc1ccccc1CCC(=O)Nc1cnn(CC(=O)NCCc2cscn2)c1. The number of hydrogen-bond donors (Lipinski definition) is 2. The topological polar surface area (TPSA) is 98.1 Å². The molecule has 0 spiro atoms. The molecule has 3 rings (SSSR count). The molecule has 29 heavy (non-hydrogen) atoms. The van der Waals surface area contributed by atoms with Crippen LogP contribution in [-0.2, 0) is 29.0 Å². The zero-order valence-corrected chi connectivity index (χ0v) is 16.9. The van der Waals surface area contributed by atoms with Crippen molar-refractivity contribution >= 4 is 28.8 Å². The number of nitrogens with one attached hydrogen (secondary N) is 2. The van der Waals surface area contributed by atoms with Crippen LogP contribution in [0.15, 0.2) is 47.5 Å². The third kappa shape index (κ3) is 6.42. The Bertz CT molecular complexity index is 939. The average Bonchev–Trinajstić information content (AvgIpc) is 3.39. The summed E-state index contributed by atoms with van der Waals surface area (Å²) in [5, 5.41) is 11.7. The summed E-state index contributed by atoms with van der Waals surface area (Å²) < 4.78 is 6.79. The molecular weight excluding hydrogens is 390 g/mol. The molecule has 8 nitrogen and oxygen atoms in total. The van der Waals surface area contributed by atoms with E-state index in [1.54, 1.807) is 18.8 Å². The van der Waals surface area contributed by atoms with Crippen molar-refractivity contribution in [3.63, 3.8) is 0 Å². The van der Waals surface area contributed by atoms with Gasteiger partial charge in [0.15, 0.2) is 0 Å². The smallest absolute Gasteiger partial charge is 0.241 e. The molecule has 0 saturated heterocycles. The number of hydrogen-bond acceptors (Lipinski definition) is 6. The van der Waals surface area contributed by atoms with Crippen molar-refractivity contribution in [2.75, 3.05) is 19.0 Å². The fourth-order valence-electron chi connectivity index (χ4n) is 2.79. The monoisotopic (exact) mass is 413 g/mol. The number of aryl methyl sites for hydroxylation is 1. The minimum atomic E-state index is -0.141. The highest BCUT2D eigenvalue weighted by Crippen LogP contribution is 2.19. The van der Waals surface area contributed by atoms with Crippen LogP contribution in [0.3, 0.4) is 0 Å². The van der Waals surface area contributed by atoms with Crippen LogP contribution in [0.25, 0.3) is 0 Å². The molecule has 1 aromatic carbocycles. The van der Waals surface area contributed by atoms with Crippen LogP contribution in [0.4, 0.5) is 5.69 Å². The highest BCUT2D eigenvalue weighted by Gasteiger charge is 2.09. The fraction of sp³-hybridized carbons (Fsp3) is 0.300. The van der Waals surface area contributed by atoms with Crippen LogP contribution in [-0.4, -0.2) is 40.2 Å². The van der Waals surface area contributed by atoms with Crippen LogP contribution >= 0.6 is 11.3 Å². The molecule has 0 unspecified atom stereocenters. The standard InChI is InChI=1S/C20H23N5O3S/c1-28-18-5-3-2-4-15(18)6-7-19(26)24-17-10-23-25(11-17)12-20(27)21-9-8-16-13-29-14-22-16/h2-5,10-11,13-14H,6-9,12H2,1H3,(H,21,27)(H,24,26). The van der Waals surface area contributed by atoms with Crippen molar-refractivity contribution in [2.45, 2.75) is 25.8 Å². The second kappa shape index (κ2) is 10.4. The molecule has 3 aromatic rings. The molecule has 0 aliphatic carbocycles. The number of thiazole rings is 1. The summed E-state index contributed by atoms with van der Waals surface area (Å²) in [5.74, 6) is 0.509. The number of benzene rings is 1. The van der Waals surface area contributed by atoms with Crippen LogP contribution in [0.1, 0.15) is 17.7 Å². The lowest BCUT2D eigenvalue weighted by atomic mass is 10.1. The van der Waals surface area contributed by atoms with E-state index in [-0.39, 0.29) is 18.4 Å². The van der Waals surface area contributed by atoms with E-state index in [9.17, 15) is 9.59 Å². The van der Waals surface area contributed by atoms with E-state index >= 15 is 0 Å². The highest BCUT2D eigenvalue weighted by molar-refractivity contribution is 7.07. The molecule has 2 aromatic heterocycles. The molecule has 0 saturated carbocycles. The molecule has 0 bridgehead atoms. The van der Waals surface area contributed by atoms with E-state index in [2.05, 4.69) is 20.7 Å². The van der Waals surface area contributed by atoms with Gasteiger partial charge < -0.3 is 15.4 Å². The second-order valence-electron chi connectivity index (χ2n) is 6.37.